The minimum Gasteiger partial charge on any atom is -0.465 e. The van der Waals surface area contributed by atoms with Crippen molar-refractivity contribution in [2.45, 2.75) is 13.0 Å². The lowest BCUT2D eigenvalue weighted by Crippen LogP contribution is -2.30. The summed E-state index contributed by atoms with van der Waals surface area (Å²) in [6.45, 7) is 2.25. The minimum atomic E-state index is -0.444. The number of carbonyl (C=O) groups is 1. The normalized spacial score (nSPS) is 13.2. The second-order valence-corrected chi connectivity index (χ2v) is 8.22. The predicted molar refractivity (Wildman–Crippen MR) is 119 cm³/mol. The molecule has 1 atom stereocenters. The first-order chi connectivity index (χ1) is 14.0. The van der Waals surface area contributed by atoms with E-state index >= 15 is 0 Å². The SMILES string of the molecule is COC(=O)c1sc2cc(NC(=S)N[C@@H](C)c3ccc4c(c3)OCO4)ccc2c1Cl. The summed E-state index contributed by atoms with van der Waals surface area (Å²) < 4.78 is 16.4. The monoisotopic (exact) mass is 448 g/mol. The molecule has 4 rings (SSSR count). The van der Waals surface area contributed by atoms with Crippen LogP contribution < -0.4 is 20.1 Å². The summed E-state index contributed by atoms with van der Waals surface area (Å²) in [4.78, 5) is 12.2. The molecule has 9 heteroatoms. The van der Waals surface area contributed by atoms with Crippen LogP contribution in [-0.2, 0) is 4.74 Å². The maximum Gasteiger partial charge on any atom is 0.349 e. The van der Waals surface area contributed by atoms with Gasteiger partial charge in [0.2, 0.25) is 6.79 Å². The summed E-state index contributed by atoms with van der Waals surface area (Å²) in [5, 5.41) is 8.11. The zero-order chi connectivity index (χ0) is 20.5. The van der Waals surface area contributed by atoms with Gasteiger partial charge in [0, 0.05) is 15.8 Å². The highest BCUT2D eigenvalue weighted by Crippen LogP contribution is 2.37. The number of ether oxygens (including phenoxy) is 3. The third kappa shape index (κ3) is 3.96. The van der Waals surface area contributed by atoms with E-state index in [-0.39, 0.29) is 12.8 Å². The highest BCUT2D eigenvalue weighted by atomic mass is 35.5. The van der Waals surface area contributed by atoms with Gasteiger partial charge in [0.25, 0.3) is 0 Å². The summed E-state index contributed by atoms with van der Waals surface area (Å²) in [7, 11) is 1.33. The molecule has 2 aromatic carbocycles. The molecule has 1 aliphatic rings. The predicted octanol–water partition coefficient (Wildman–Crippen LogP) is 5.12. The molecule has 0 saturated heterocycles. The topological polar surface area (TPSA) is 68.8 Å². The molecule has 3 aromatic rings. The van der Waals surface area contributed by atoms with Crippen molar-refractivity contribution in [3.63, 3.8) is 0 Å². The molecule has 0 spiro atoms. The summed E-state index contributed by atoms with van der Waals surface area (Å²) in [5.74, 6) is 1.03. The number of thiocarbonyl (C=S) groups is 1. The molecule has 0 aliphatic carbocycles. The van der Waals surface area contributed by atoms with Crippen molar-refractivity contribution in [3.8, 4) is 11.5 Å². The molecule has 0 saturated carbocycles. The van der Waals surface area contributed by atoms with E-state index in [0.717, 1.165) is 32.8 Å². The summed E-state index contributed by atoms with van der Waals surface area (Å²) >= 11 is 13.0. The maximum absolute atomic E-state index is 11.8. The lowest BCUT2D eigenvalue weighted by Gasteiger charge is -2.18. The van der Waals surface area contributed by atoms with Gasteiger partial charge < -0.3 is 24.8 Å². The highest BCUT2D eigenvalue weighted by molar-refractivity contribution is 7.80. The fourth-order valence-corrected chi connectivity index (χ4v) is 4.76. The Morgan fingerprint density at radius 1 is 1.24 bits per heavy atom. The fraction of sp³-hybridized carbons (Fsp3) is 0.200. The second kappa shape index (κ2) is 8.06. The van der Waals surface area contributed by atoms with Gasteiger partial charge in [-0.2, -0.15) is 0 Å². The standard InChI is InChI=1S/C20H17ClN2O4S2/c1-10(11-3-6-14-15(7-11)27-9-26-14)22-20(28)23-12-4-5-13-16(8-12)29-18(17(13)21)19(24)25-2/h3-8,10H,9H2,1-2H3,(H2,22,23,28)/t10-/m0/s1. The zero-order valence-corrected chi connectivity index (χ0v) is 18.0. The molecule has 0 bridgehead atoms. The van der Waals surface area contributed by atoms with Crippen molar-refractivity contribution in [1.29, 1.82) is 0 Å². The van der Waals surface area contributed by atoms with Gasteiger partial charge in [-0.15, -0.1) is 11.3 Å². The Hall–Kier alpha value is -2.55. The number of carbonyl (C=O) groups excluding carboxylic acids is 1. The molecular formula is C20H17ClN2O4S2. The van der Waals surface area contributed by atoms with Crippen molar-refractivity contribution in [2.24, 2.45) is 0 Å². The number of fused-ring (bicyclic) bond motifs is 2. The number of rotatable bonds is 4. The fourth-order valence-electron chi connectivity index (χ4n) is 3.00. The van der Waals surface area contributed by atoms with Gasteiger partial charge in [-0.3, -0.25) is 0 Å². The molecule has 1 aromatic heterocycles. The number of hydrogen-bond donors (Lipinski definition) is 2. The van der Waals surface area contributed by atoms with E-state index in [1.54, 1.807) is 0 Å². The van der Waals surface area contributed by atoms with Crippen LogP contribution in [0.3, 0.4) is 0 Å². The van der Waals surface area contributed by atoms with Crippen LogP contribution in [0.2, 0.25) is 5.02 Å². The summed E-state index contributed by atoms with van der Waals surface area (Å²) in [6.07, 6.45) is 0. The molecule has 0 fully saturated rings. The Balaban J connectivity index is 1.46. The first kappa shape index (κ1) is 19.8. The third-order valence-corrected chi connectivity index (χ3v) is 6.36. The molecule has 6 nitrogen and oxygen atoms in total. The first-order valence-electron chi connectivity index (χ1n) is 8.73. The average molecular weight is 449 g/mol. The third-order valence-electron chi connectivity index (χ3n) is 4.50. The van der Waals surface area contributed by atoms with E-state index in [1.807, 2.05) is 43.3 Å². The van der Waals surface area contributed by atoms with E-state index in [1.165, 1.54) is 18.4 Å². The number of anilines is 1. The van der Waals surface area contributed by atoms with E-state index in [0.29, 0.717) is 15.0 Å². The first-order valence-corrected chi connectivity index (χ1v) is 10.3. The van der Waals surface area contributed by atoms with Crippen LogP contribution >= 0.6 is 35.2 Å². The van der Waals surface area contributed by atoms with E-state index in [2.05, 4.69) is 10.6 Å². The average Bonchev–Trinajstić information content (AvgIpc) is 3.31. The van der Waals surface area contributed by atoms with Gasteiger partial charge in [-0.05, 0) is 55.0 Å². The number of nitrogens with one attached hydrogen (secondary N) is 2. The van der Waals surface area contributed by atoms with Crippen LogP contribution in [0.4, 0.5) is 5.69 Å². The molecule has 2 heterocycles. The number of methoxy groups -OCH3 is 1. The van der Waals surface area contributed by atoms with E-state index in [9.17, 15) is 4.79 Å². The van der Waals surface area contributed by atoms with Crippen molar-refractivity contribution in [3.05, 3.63) is 51.9 Å². The number of thiophene rings is 1. The number of esters is 1. The van der Waals surface area contributed by atoms with Crippen LogP contribution in [0, 0.1) is 0 Å². The van der Waals surface area contributed by atoms with Gasteiger partial charge >= 0.3 is 5.97 Å². The van der Waals surface area contributed by atoms with E-state index in [4.69, 9.17) is 38.0 Å². The molecule has 29 heavy (non-hydrogen) atoms. The van der Waals surface area contributed by atoms with Crippen LogP contribution in [-0.4, -0.2) is 25.0 Å². The molecule has 1 aliphatic heterocycles. The Labute approximate surface area is 181 Å². The lowest BCUT2D eigenvalue weighted by molar-refractivity contribution is 0.0606. The van der Waals surface area contributed by atoms with Crippen LogP contribution in [0.1, 0.15) is 28.2 Å². The smallest absolute Gasteiger partial charge is 0.349 e. The zero-order valence-electron chi connectivity index (χ0n) is 15.6. The number of halogens is 1. The highest BCUT2D eigenvalue weighted by Gasteiger charge is 2.19. The second-order valence-electron chi connectivity index (χ2n) is 6.38. The van der Waals surface area contributed by atoms with Crippen molar-refractivity contribution in [1.82, 2.24) is 5.32 Å². The van der Waals surface area contributed by atoms with Crippen molar-refractivity contribution in [2.75, 3.05) is 19.2 Å². The maximum atomic E-state index is 11.8. The molecule has 2 N–H and O–H groups in total. The van der Waals surface area contributed by atoms with Crippen LogP contribution in [0.15, 0.2) is 36.4 Å². The van der Waals surface area contributed by atoms with Gasteiger partial charge in [0.05, 0.1) is 18.2 Å². The summed E-state index contributed by atoms with van der Waals surface area (Å²) in [5.41, 5.74) is 1.82. The molecule has 150 valence electrons. The molecule has 0 unspecified atom stereocenters. The van der Waals surface area contributed by atoms with Crippen molar-refractivity contribution >= 4 is 62.0 Å². The van der Waals surface area contributed by atoms with Gasteiger partial charge in [0.15, 0.2) is 16.6 Å². The van der Waals surface area contributed by atoms with Crippen LogP contribution in [0.25, 0.3) is 10.1 Å². The summed E-state index contributed by atoms with van der Waals surface area (Å²) in [6, 6.07) is 11.4. The Bertz CT molecular complexity index is 1120. The largest absolute Gasteiger partial charge is 0.465 e. The lowest BCUT2D eigenvalue weighted by atomic mass is 10.1. The Kier molecular flexibility index (Phi) is 5.49. The molecular weight excluding hydrogens is 432 g/mol. The Morgan fingerprint density at radius 2 is 2.03 bits per heavy atom. The van der Waals surface area contributed by atoms with Gasteiger partial charge in [-0.25, -0.2) is 4.79 Å². The van der Waals surface area contributed by atoms with Crippen molar-refractivity contribution < 1.29 is 19.0 Å². The molecule has 0 amide bonds. The number of benzene rings is 2. The van der Waals surface area contributed by atoms with E-state index < -0.39 is 5.97 Å². The van der Waals surface area contributed by atoms with Gasteiger partial charge in [-0.1, -0.05) is 17.7 Å². The quantitative estimate of drug-likeness (QED) is 0.424. The molecule has 0 radical (unpaired) electrons. The number of hydrogen-bond acceptors (Lipinski definition) is 6. The minimum absolute atomic E-state index is 0.0321. The Morgan fingerprint density at radius 3 is 2.83 bits per heavy atom. The van der Waals surface area contributed by atoms with Crippen LogP contribution in [0.5, 0.6) is 11.5 Å². The van der Waals surface area contributed by atoms with Gasteiger partial charge in [0.1, 0.15) is 4.88 Å².